The van der Waals surface area contributed by atoms with E-state index >= 15 is 0 Å². The summed E-state index contributed by atoms with van der Waals surface area (Å²) >= 11 is 0. The van der Waals surface area contributed by atoms with Crippen LogP contribution in [0.1, 0.15) is 5.56 Å². The molecule has 0 saturated carbocycles. The molecule has 5 heteroatoms. The number of hydrogen-bond donors (Lipinski definition) is 0. The first-order chi connectivity index (χ1) is 32.7. The SMILES string of the molecule is C=C1/C=C(n2c3ccccc3c3c4oc5c(ccc6c5c5ccccc5n6-c5cccc(-n6c7ccccc7c7ccccc76)c5)c4ccc32)\C=C/CN(c2ccccc2)c2ccccc21. The van der Waals surface area contributed by atoms with E-state index in [0.717, 1.165) is 105 Å². The van der Waals surface area contributed by atoms with E-state index in [1.807, 2.05) is 0 Å². The van der Waals surface area contributed by atoms with Crippen LogP contribution in [0, 0.1) is 0 Å². The van der Waals surface area contributed by atoms with Crippen LogP contribution in [0.15, 0.2) is 229 Å². The molecule has 310 valence electrons. The molecule has 13 aromatic rings. The number of para-hydroxylation sites is 6. The van der Waals surface area contributed by atoms with Crippen molar-refractivity contribution >= 4 is 110 Å². The number of aromatic nitrogens is 3. The summed E-state index contributed by atoms with van der Waals surface area (Å²) in [5.74, 6) is 0. The first-order valence-corrected chi connectivity index (χ1v) is 22.6. The minimum absolute atomic E-state index is 0.699. The Bertz CT molecular complexity index is 4170. The fraction of sp³-hybridized carbons (Fsp3) is 0.0164. The highest BCUT2D eigenvalue weighted by atomic mass is 16.3. The number of nitrogens with zero attached hydrogens (tertiary/aromatic N) is 4. The van der Waals surface area contributed by atoms with Crippen LogP contribution < -0.4 is 4.90 Å². The van der Waals surface area contributed by atoms with Crippen LogP contribution in [0.3, 0.4) is 0 Å². The van der Waals surface area contributed by atoms with Gasteiger partial charge in [-0.25, -0.2) is 0 Å². The van der Waals surface area contributed by atoms with Gasteiger partial charge in [0.25, 0.3) is 0 Å². The van der Waals surface area contributed by atoms with Crippen molar-refractivity contribution in [3.63, 3.8) is 0 Å². The molecule has 5 nitrogen and oxygen atoms in total. The number of rotatable bonds is 4. The quantitative estimate of drug-likeness (QED) is 0.177. The van der Waals surface area contributed by atoms with Crippen molar-refractivity contribution in [3.8, 4) is 11.4 Å². The van der Waals surface area contributed by atoms with E-state index in [0.29, 0.717) is 6.54 Å². The Hall–Kier alpha value is -8.80. The standard InChI is InChI=1S/C61H40N4O/c1-39-37-41(21-16-36-62(40-17-3-2-4-18-40)51-27-10-5-22-44(39)51)64-54-30-13-8-25-49(54)58-56(64)34-32-47-48-33-35-57-59(61(48)66-60(47)58)50-26-9-14-31-55(50)65(57)43-20-15-19-42(38-43)63-52-28-11-6-23-45(52)46-24-7-12-29-53(46)63/h2-35,37-38H,1,36H2/b21-16-,41-37+. The van der Waals surface area contributed by atoms with Crippen molar-refractivity contribution in [1.29, 1.82) is 0 Å². The van der Waals surface area contributed by atoms with E-state index < -0.39 is 0 Å². The van der Waals surface area contributed by atoms with Crippen molar-refractivity contribution in [1.82, 2.24) is 13.7 Å². The van der Waals surface area contributed by atoms with Crippen LogP contribution >= 0.6 is 0 Å². The molecule has 4 aromatic heterocycles. The van der Waals surface area contributed by atoms with Crippen molar-refractivity contribution < 1.29 is 4.42 Å². The third-order valence-corrected chi connectivity index (χ3v) is 13.8. The summed E-state index contributed by atoms with van der Waals surface area (Å²) in [5, 5.41) is 9.21. The summed E-state index contributed by atoms with van der Waals surface area (Å²) in [6.45, 7) is 5.37. The van der Waals surface area contributed by atoms with Gasteiger partial charge in [-0.15, -0.1) is 0 Å². The molecular formula is C61H40N4O. The van der Waals surface area contributed by atoms with Gasteiger partial charge in [-0.1, -0.05) is 128 Å². The number of hydrogen-bond acceptors (Lipinski definition) is 2. The number of allylic oxidation sites excluding steroid dienone is 4. The Morgan fingerprint density at radius 2 is 0.879 bits per heavy atom. The van der Waals surface area contributed by atoms with Gasteiger partial charge in [-0.3, -0.25) is 0 Å². The van der Waals surface area contributed by atoms with Gasteiger partial charge >= 0.3 is 0 Å². The Morgan fingerprint density at radius 1 is 0.394 bits per heavy atom. The molecule has 0 saturated heterocycles. The molecule has 66 heavy (non-hydrogen) atoms. The minimum atomic E-state index is 0.699. The average Bonchev–Trinajstić information content (AvgIpc) is 4.12. The highest BCUT2D eigenvalue weighted by molar-refractivity contribution is 6.29. The molecule has 0 aliphatic carbocycles. The maximum atomic E-state index is 7.33. The monoisotopic (exact) mass is 844 g/mol. The lowest BCUT2D eigenvalue weighted by Gasteiger charge is -2.26. The summed E-state index contributed by atoms with van der Waals surface area (Å²) in [6.07, 6.45) is 6.74. The molecule has 0 N–H and O–H groups in total. The van der Waals surface area contributed by atoms with Gasteiger partial charge in [0.15, 0.2) is 0 Å². The van der Waals surface area contributed by atoms with Crippen molar-refractivity contribution in [3.05, 3.63) is 231 Å². The fourth-order valence-electron chi connectivity index (χ4n) is 11.0. The second-order valence-corrected chi connectivity index (χ2v) is 17.3. The van der Waals surface area contributed by atoms with Crippen LogP contribution in [-0.2, 0) is 0 Å². The maximum absolute atomic E-state index is 7.33. The van der Waals surface area contributed by atoms with Crippen LogP contribution in [0.2, 0.25) is 0 Å². The van der Waals surface area contributed by atoms with E-state index in [2.05, 4.69) is 244 Å². The molecule has 0 bridgehead atoms. The van der Waals surface area contributed by atoms with Gasteiger partial charge in [0.1, 0.15) is 11.2 Å². The van der Waals surface area contributed by atoms with Crippen LogP contribution in [0.5, 0.6) is 0 Å². The Kier molecular flexibility index (Phi) is 7.83. The molecule has 1 aliphatic heterocycles. The summed E-state index contributed by atoms with van der Waals surface area (Å²) in [6, 6.07) is 72.0. The number of furan rings is 1. The number of benzene rings is 9. The van der Waals surface area contributed by atoms with Crippen molar-refractivity contribution in [2.75, 3.05) is 11.4 Å². The first kappa shape index (κ1) is 36.7. The third-order valence-electron chi connectivity index (χ3n) is 13.8. The average molecular weight is 845 g/mol. The van der Waals surface area contributed by atoms with E-state index in [4.69, 9.17) is 4.42 Å². The van der Waals surface area contributed by atoms with Crippen LogP contribution in [-0.4, -0.2) is 20.2 Å². The van der Waals surface area contributed by atoms with Gasteiger partial charge in [-0.2, -0.15) is 0 Å². The number of anilines is 2. The second kappa shape index (κ2) is 14.1. The maximum Gasteiger partial charge on any atom is 0.145 e. The van der Waals surface area contributed by atoms with E-state index in [9.17, 15) is 0 Å². The normalized spacial score (nSPS) is 14.7. The zero-order valence-electron chi connectivity index (χ0n) is 35.9. The molecule has 1 aliphatic rings. The molecular weight excluding hydrogens is 805 g/mol. The Morgan fingerprint density at radius 3 is 1.52 bits per heavy atom. The second-order valence-electron chi connectivity index (χ2n) is 17.3. The Labute approximate surface area is 379 Å². The molecule has 0 fully saturated rings. The summed E-state index contributed by atoms with van der Waals surface area (Å²) in [7, 11) is 0. The smallest absolute Gasteiger partial charge is 0.145 e. The van der Waals surface area contributed by atoms with Crippen molar-refractivity contribution in [2.24, 2.45) is 0 Å². The zero-order chi connectivity index (χ0) is 43.5. The van der Waals surface area contributed by atoms with Crippen LogP contribution in [0.4, 0.5) is 11.4 Å². The fourth-order valence-corrected chi connectivity index (χ4v) is 11.0. The first-order valence-electron chi connectivity index (χ1n) is 22.6. The van der Waals surface area contributed by atoms with Crippen molar-refractivity contribution in [2.45, 2.75) is 0 Å². The van der Waals surface area contributed by atoms with Gasteiger partial charge in [0.2, 0.25) is 0 Å². The Balaban J connectivity index is 0.972. The molecule has 0 radical (unpaired) electrons. The summed E-state index contributed by atoms with van der Waals surface area (Å²) in [5.41, 5.74) is 16.2. The van der Waals surface area contributed by atoms with Crippen LogP contribution in [0.25, 0.3) is 110 Å². The third kappa shape index (κ3) is 5.22. The predicted octanol–water partition coefficient (Wildman–Crippen LogP) is 16.2. The minimum Gasteiger partial charge on any atom is -0.455 e. The molecule has 0 amide bonds. The van der Waals surface area contributed by atoms with E-state index in [1.54, 1.807) is 0 Å². The lowest BCUT2D eigenvalue weighted by atomic mass is 10.0. The summed E-state index contributed by atoms with van der Waals surface area (Å²) in [4.78, 5) is 2.36. The van der Waals surface area contributed by atoms with Gasteiger partial charge < -0.3 is 23.0 Å². The lowest BCUT2D eigenvalue weighted by molar-refractivity contribution is 0.677. The van der Waals surface area contributed by atoms with Gasteiger partial charge in [-0.05, 0) is 103 Å². The molecule has 14 rings (SSSR count). The largest absolute Gasteiger partial charge is 0.455 e. The summed E-state index contributed by atoms with van der Waals surface area (Å²) < 4.78 is 14.5. The van der Waals surface area contributed by atoms with E-state index in [1.165, 1.54) is 21.8 Å². The predicted molar refractivity (Wildman–Crippen MR) is 278 cm³/mol. The molecule has 0 atom stereocenters. The van der Waals surface area contributed by atoms with Gasteiger partial charge in [0, 0.05) is 72.9 Å². The lowest BCUT2D eigenvalue weighted by Crippen LogP contribution is -2.18. The molecule has 9 aromatic carbocycles. The zero-order valence-corrected chi connectivity index (χ0v) is 35.9. The molecule has 0 unspecified atom stereocenters. The molecule has 0 spiro atoms. The topological polar surface area (TPSA) is 31.2 Å². The highest BCUT2D eigenvalue weighted by Gasteiger charge is 2.24. The number of fused-ring (bicyclic) bond motifs is 15. The molecule has 5 heterocycles. The highest BCUT2D eigenvalue weighted by Crippen LogP contribution is 2.46. The van der Waals surface area contributed by atoms with E-state index in [-0.39, 0.29) is 0 Å². The van der Waals surface area contributed by atoms with Gasteiger partial charge in [0.05, 0.1) is 43.9 Å².